The highest BCUT2D eigenvalue weighted by molar-refractivity contribution is 6.01. The summed E-state index contributed by atoms with van der Waals surface area (Å²) in [6.45, 7) is 1.51. The summed E-state index contributed by atoms with van der Waals surface area (Å²) in [5.41, 5.74) is 17.1. The van der Waals surface area contributed by atoms with E-state index in [1.165, 1.54) is 26.2 Å². The van der Waals surface area contributed by atoms with Crippen LogP contribution in [0.15, 0.2) is 58.5 Å². The van der Waals surface area contributed by atoms with Crippen LogP contribution in [0.25, 0.3) is 0 Å². The van der Waals surface area contributed by atoms with Crippen LogP contribution >= 0.6 is 0 Å². The molecule has 0 aliphatic heterocycles. The predicted molar refractivity (Wildman–Crippen MR) is 106 cm³/mol. The molecule has 9 nitrogen and oxygen atoms in total. The average molecular weight is 383 g/mol. The molecule has 2 aromatic carbocycles. The van der Waals surface area contributed by atoms with Crippen LogP contribution in [0, 0.1) is 0 Å². The Morgan fingerprint density at radius 3 is 2.04 bits per heavy atom. The van der Waals surface area contributed by atoms with E-state index in [0.29, 0.717) is 17.0 Å². The number of hydrogen-bond donors (Lipinski definition) is 3. The lowest BCUT2D eigenvalue weighted by Crippen LogP contribution is -2.26. The van der Waals surface area contributed by atoms with Gasteiger partial charge < -0.3 is 26.7 Å². The van der Waals surface area contributed by atoms with Gasteiger partial charge in [0.1, 0.15) is 5.75 Å². The zero-order valence-corrected chi connectivity index (χ0v) is 15.5. The van der Waals surface area contributed by atoms with Gasteiger partial charge in [0, 0.05) is 5.56 Å². The van der Waals surface area contributed by atoms with E-state index in [-0.39, 0.29) is 23.3 Å². The highest BCUT2D eigenvalue weighted by Crippen LogP contribution is 2.17. The fourth-order valence-electron chi connectivity index (χ4n) is 2.23. The summed E-state index contributed by atoms with van der Waals surface area (Å²) in [6, 6.07) is 12.6. The van der Waals surface area contributed by atoms with Crippen LogP contribution in [0.3, 0.4) is 0 Å². The van der Waals surface area contributed by atoms with Crippen molar-refractivity contribution >= 4 is 29.4 Å². The lowest BCUT2D eigenvalue weighted by Gasteiger charge is -2.12. The number of carbonyl (C=O) groups is 2. The van der Waals surface area contributed by atoms with E-state index >= 15 is 0 Å². The number of ketones is 1. The van der Waals surface area contributed by atoms with Crippen LogP contribution in [0.4, 0.5) is 5.69 Å². The van der Waals surface area contributed by atoms with Crippen molar-refractivity contribution in [3.63, 3.8) is 0 Å². The summed E-state index contributed by atoms with van der Waals surface area (Å²) in [4.78, 5) is 32.2. The van der Waals surface area contributed by atoms with E-state index in [0.717, 1.165) is 0 Å². The second-order valence-corrected chi connectivity index (χ2v) is 5.69. The van der Waals surface area contributed by atoms with Crippen molar-refractivity contribution in [2.75, 3.05) is 7.11 Å². The van der Waals surface area contributed by atoms with Crippen molar-refractivity contribution in [3.05, 3.63) is 59.7 Å². The van der Waals surface area contributed by atoms with Gasteiger partial charge in [-0.05, 0) is 55.5 Å². The number of ether oxygens (including phenoxy) is 2. The fraction of sp³-hybridized carbons (Fsp3) is 0.158. The van der Waals surface area contributed by atoms with E-state index in [4.69, 9.17) is 26.7 Å². The topological polar surface area (TPSA) is 155 Å². The number of nitrogens with zero attached hydrogens (tertiary/aromatic N) is 2. The minimum atomic E-state index is -0.948. The molecule has 0 aromatic heterocycles. The standard InChI is InChI=1S/C19H21N5O4/c1-11(16(25)12-5-9-15(27-2)10-6-12)28-17(26)13-3-7-14(8-4-13)23-19(22)24-18(20)21/h3-11H,1-2H3,(H6,20,21,22,23,24). The SMILES string of the molecule is COc1ccc(C(=O)C(C)OC(=O)c2ccc(N=C(N)N=C(N)N)cc2)cc1. The number of aliphatic imine (C=N–C) groups is 2. The Kier molecular flexibility index (Phi) is 6.69. The van der Waals surface area contributed by atoms with Crippen LogP contribution in [-0.2, 0) is 4.74 Å². The summed E-state index contributed by atoms with van der Waals surface area (Å²) >= 11 is 0. The molecule has 0 fully saturated rings. The summed E-state index contributed by atoms with van der Waals surface area (Å²) < 4.78 is 10.3. The van der Waals surface area contributed by atoms with Gasteiger partial charge in [-0.1, -0.05) is 0 Å². The van der Waals surface area contributed by atoms with Crippen LogP contribution in [-0.4, -0.2) is 36.9 Å². The van der Waals surface area contributed by atoms with Gasteiger partial charge in [-0.25, -0.2) is 9.79 Å². The summed E-state index contributed by atoms with van der Waals surface area (Å²) in [5.74, 6) is -0.653. The first-order valence-electron chi connectivity index (χ1n) is 8.23. The van der Waals surface area contributed by atoms with Crippen molar-refractivity contribution in [2.45, 2.75) is 13.0 Å². The Bertz CT molecular complexity index is 901. The van der Waals surface area contributed by atoms with E-state index in [2.05, 4.69) is 9.98 Å². The third kappa shape index (κ3) is 5.56. The molecule has 2 aromatic rings. The maximum Gasteiger partial charge on any atom is 0.338 e. The highest BCUT2D eigenvalue weighted by atomic mass is 16.5. The van der Waals surface area contributed by atoms with Gasteiger partial charge >= 0.3 is 5.97 Å². The molecule has 0 aliphatic rings. The van der Waals surface area contributed by atoms with Crippen LogP contribution < -0.4 is 21.9 Å². The molecule has 0 spiro atoms. The molecule has 0 aliphatic carbocycles. The molecule has 6 N–H and O–H groups in total. The zero-order chi connectivity index (χ0) is 20.7. The molecule has 0 saturated carbocycles. The first kappa shape index (κ1) is 20.4. The Hall–Kier alpha value is -3.88. The van der Waals surface area contributed by atoms with E-state index in [9.17, 15) is 9.59 Å². The van der Waals surface area contributed by atoms with Gasteiger partial charge in [-0.2, -0.15) is 4.99 Å². The number of carbonyl (C=O) groups excluding carboxylic acids is 2. The van der Waals surface area contributed by atoms with Crippen molar-refractivity contribution in [3.8, 4) is 5.75 Å². The minimum Gasteiger partial charge on any atom is -0.497 e. The summed E-state index contributed by atoms with van der Waals surface area (Å²) in [5, 5.41) is 0. The number of benzene rings is 2. The van der Waals surface area contributed by atoms with Gasteiger partial charge in [0.25, 0.3) is 0 Å². The molecule has 0 saturated heterocycles. The second kappa shape index (κ2) is 9.17. The highest BCUT2D eigenvalue weighted by Gasteiger charge is 2.20. The summed E-state index contributed by atoms with van der Waals surface area (Å²) in [6.07, 6.45) is -0.948. The molecule has 28 heavy (non-hydrogen) atoms. The van der Waals surface area contributed by atoms with E-state index < -0.39 is 12.1 Å². The van der Waals surface area contributed by atoms with E-state index in [1.54, 1.807) is 36.4 Å². The Labute approximate surface area is 161 Å². The second-order valence-electron chi connectivity index (χ2n) is 5.69. The lowest BCUT2D eigenvalue weighted by molar-refractivity contribution is 0.0319. The number of rotatable bonds is 6. The number of nitrogens with two attached hydrogens (primary N) is 3. The number of Topliss-reactive ketones (excluding diaryl/α,β-unsaturated/α-hetero) is 1. The van der Waals surface area contributed by atoms with Gasteiger partial charge in [-0.3, -0.25) is 4.79 Å². The maximum atomic E-state index is 12.4. The molecular formula is C19H21N5O4. The first-order chi connectivity index (χ1) is 13.3. The van der Waals surface area contributed by atoms with Gasteiger partial charge in [0.2, 0.25) is 11.7 Å². The number of hydrogen-bond acceptors (Lipinski definition) is 5. The largest absolute Gasteiger partial charge is 0.497 e. The molecule has 146 valence electrons. The molecule has 0 radical (unpaired) electrons. The third-order valence-corrected chi connectivity index (χ3v) is 3.62. The van der Waals surface area contributed by atoms with E-state index in [1.807, 2.05) is 0 Å². The monoisotopic (exact) mass is 383 g/mol. The Morgan fingerprint density at radius 1 is 0.929 bits per heavy atom. The third-order valence-electron chi connectivity index (χ3n) is 3.62. The molecule has 9 heteroatoms. The number of guanidine groups is 2. The molecular weight excluding hydrogens is 362 g/mol. The molecule has 1 unspecified atom stereocenters. The minimum absolute atomic E-state index is 0.117. The van der Waals surface area contributed by atoms with Crippen LogP contribution in [0.1, 0.15) is 27.6 Å². The number of methoxy groups -OCH3 is 1. The molecule has 2 rings (SSSR count). The van der Waals surface area contributed by atoms with Crippen molar-refractivity contribution in [2.24, 2.45) is 27.2 Å². The molecule has 0 bridgehead atoms. The molecule has 1 atom stereocenters. The van der Waals surface area contributed by atoms with Crippen molar-refractivity contribution < 1.29 is 19.1 Å². The van der Waals surface area contributed by atoms with Crippen LogP contribution in [0.2, 0.25) is 0 Å². The zero-order valence-electron chi connectivity index (χ0n) is 15.5. The summed E-state index contributed by atoms with van der Waals surface area (Å²) in [7, 11) is 1.53. The van der Waals surface area contributed by atoms with Crippen molar-refractivity contribution in [1.82, 2.24) is 0 Å². The quantitative estimate of drug-likeness (QED) is 0.294. The van der Waals surface area contributed by atoms with Crippen molar-refractivity contribution in [1.29, 1.82) is 0 Å². The lowest BCUT2D eigenvalue weighted by atomic mass is 10.1. The average Bonchev–Trinajstić information content (AvgIpc) is 2.67. The first-order valence-corrected chi connectivity index (χ1v) is 8.23. The normalized spacial score (nSPS) is 12.0. The van der Waals surface area contributed by atoms with Gasteiger partial charge in [0.15, 0.2) is 12.1 Å². The maximum absolute atomic E-state index is 12.4. The fourth-order valence-corrected chi connectivity index (χ4v) is 2.23. The van der Waals surface area contributed by atoms with Gasteiger partial charge in [0.05, 0.1) is 18.4 Å². The van der Waals surface area contributed by atoms with Crippen LogP contribution in [0.5, 0.6) is 5.75 Å². The molecule has 0 amide bonds. The predicted octanol–water partition coefficient (Wildman–Crippen LogP) is 1.34. The number of esters is 1. The van der Waals surface area contributed by atoms with Gasteiger partial charge in [-0.15, -0.1) is 0 Å². The smallest absolute Gasteiger partial charge is 0.338 e. The molecule has 0 heterocycles. The Morgan fingerprint density at radius 2 is 1.50 bits per heavy atom. The Balaban J connectivity index is 2.03.